The molecule has 0 radical (unpaired) electrons. The standard InChI is InChI=1S/C22H21N9/c1-30-5-7-31(8-6-30)18-13-24-12-17-20(18)27-22(26-17)19-16-9-15(11-25-21(16)29-28-19)14-3-2-4-23-10-14/h2-4,9-13H,5-8H2,1H3,(H,26,27)(H,25,28,29). The van der Waals surface area contributed by atoms with Crippen molar-refractivity contribution in [3.05, 3.63) is 49.2 Å². The molecule has 0 atom stereocenters. The molecular weight excluding hydrogens is 390 g/mol. The first-order chi connectivity index (χ1) is 15.3. The zero-order valence-corrected chi connectivity index (χ0v) is 17.1. The lowest BCUT2D eigenvalue weighted by Gasteiger charge is -2.33. The number of rotatable bonds is 3. The summed E-state index contributed by atoms with van der Waals surface area (Å²) in [5, 5.41) is 8.40. The number of anilines is 1. The highest BCUT2D eigenvalue weighted by atomic mass is 15.3. The molecule has 0 spiro atoms. The third kappa shape index (κ3) is 3.10. The van der Waals surface area contributed by atoms with E-state index in [0.29, 0.717) is 5.65 Å². The number of nitrogens with zero attached hydrogens (tertiary/aromatic N) is 7. The highest BCUT2D eigenvalue weighted by Gasteiger charge is 2.20. The van der Waals surface area contributed by atoms with E-state index < -0.39 is 0 Å². The van der Waals surface area contributed by atoms with Gasteiger partial charge in [-0.05, 0) is 19.2 Å². The minimum Gasteiger partial charge on any atom is -0.366 e. The minimum absolute atomic E-state index is 0.653. The van der Waals surface area contributed by atoms with Crippen molar-refractivity contribution < 1.29 is 0 Å². The summed E-state index contributed by atoms with van der Waals surface area (Å²) in [4.78, 5) is 26.2. The molecule has 0 aromatic carbocycles. The summed E-state index contributed by atoms with van der Waals surface area (Å²) in [5.41, 5.74) is 6.36. The Morgan fingerprint density at radius 3 is 2.71 bits per heavy atom. The van der Waals surface area contributed by atoms with Gasteiger partial charge in [0.2, 0.25) is 0 Å². The number of aromatic nitrogens is 7. The monoisotopic (exact) mass is 411 g/mol. The Bertz CT molecular complexity index is 1360. The Hall–Kier alpha value is -3.85. The third-order valence-electron chi connectivity index (χ3n) is 5.86. The van der Waals surface area contributed by atoms with Crippen LogP contribution in [0.1, 0.15) is 0 Å². The zero-order chi connectivity index (χ0) is 20.8. The molecule has 1 aliphatic rings. The molecular formula is C22H21N9. The molecule has 9 heteroatoms. The molecule has 154 valence electrons. The second-order valence-corrected chi connectivity index (χ2v) is 7.87. The zero-order valence-electron chi connectivity index (χ0n) is 17.1. The number of hydrogen-bond acceptors (Lipinski definition) is 7. The van der Waals surface area contributed by atoms with Crippen molar-refractivity contribution >= 4 is 27.8 Å². The number of fused-ring (bicyclic) bond motifs is 2. The summed E-state index contributed by atoms with van der Waals surface area (Å²) >= 11 is 0. The van der Waals surface area contributed by atoms with Gasteiger partial charge >= 0.3 is 0 Å². The van der Waals surface area contributed by atoms with Crippen molar-refractivity contribution in [3.8, 4) is 22.6 Å². The molecule has 6 rings (SSSR count). The van der Waals surface area contributed by atoms with Crippen LogP contribution in [0.2, 0.25) is 0 Å². The summed E-state index contributed by atoms with van der Waals surface area (Å²) in [7, 11) is 2.15. The quantitative estimate of drug-likeness (QED) is 0.471. The van der Waals surface area contributed by atoms with Crippen LogP contribution < -0.4 is 4.90 Å². The van der Waals surface area contributed by atoms with Crippen LogP contribution in [-0.2, 0) is 0 Å². The molecule has 2 N–H and O–H groups in total. The highest BCUT2D eigenvalue weighted by molar-refractivity contribution is 5.95. The van der Waals surface area contributed by atoms with Gasteiger partial charge in [-0.1, -0.05) is 6.07 Å². The van der Waals surface area contributed by atoms with Crippen LogP contribution >= 0.6 is 0 Å². The van der Waals surface area contributed by atoms with Crippen molar-refractivity contribution in [1.29, 1.82) is 0 Å². The number of piperazine rings is 1. The van der Waals surface area contributed by atoms with E-state index >= 15 is 0 Å². The van der Waals surface area contributed by atoms with Crippen LogP contribution in [0.25, 0.3) is 44.7 Å². The maximum Gasteiger partial charge on any atom is 0.181 e. The molecule has 1 aliphatic heterocycles. The lowest BCUT2D eigenvalue weighted by Crippen LogP contribution is -2.44. The fraction of sp³-hybridized carbons (Fsp3) is 0.227. The Balaban J connectivity index is 1.44. The summed E-state index contributed by atoms with van der Waals surface area (Å²) < 4.78 is 0. The van der Waals surface area contributed by atoms with E-state index in [2.05, 4.69) is 53.0 Å². The second kappa shape index (κ2) is 7.13. The number of hydrogen-bond donors (Lipinski definition) is 2. The Labute approximate surface area is 178 Å². The van der Waals surface area contributed by atoms with Gasteiger partial charge in [0.05, 0.1) is 29.0 Å². The molecule has 0 unspecified atom stereocenters. The molecule has 5 aromatic heterocycles. The fourth-order valence-electron chi connectivity index (χ4n) is 4.09. The van der Waals surface area contributed by atoms with Gasteiger partial charge in [-0.25, -0.2) is 9.97 Å². The molecule has 0 bridgehead atoms. The predicted molar refractivity (Wildman–Crippen MR) is 120 cm³/mol. The Morgan fingerprint density at radius 2 is 1.87 bits per heavy atom. The van der Waals surface area contributed by atoms with E-state index in [0.717, 1.165) is 70.9 Å². The first-order valence-electron chi connectivity index (χ1n) is 10.3. The molecule has 1 fully saturated rings. The number of imidazole rings is 1. The van der Waals surface area contributed by atoms with E-state index in [4.69, 9.17) is 4.98 Å². The number of nitrogens with one attached hydrogen (secondary N) is 2. The number of aromatic amines is 2. The normalized spacial score (nSPS) is 15.2. The summed E-state index contributed by atoms with van der Waals surface area (Å²) in [6.07, 6.45) is 9.14. The first-order valence-corrected chi connectivity index (χ1v) is 10.3. The molecule has 9 nitrogen and oxygen atoms in total. The maximum atomic E-state index is 4.94. The topological polar surface area (TPSA) is 103 Å². The summed E-state index contributed by atoms with van der Waals surface area (Å²) in [5.74, 6) is 0.728. The SMILES string of the molecule is CN1CCN(c2cncc3[nH]c(-c4[nH]nc5ncc(-c6cccnc6)cc45)nc23)CC1. The van der Waals surface area contributed by atoms with Crippen molar-refractivity contribution in [2.45, 2.75) is 0 Å². The van der Waals surface area contributed by atoms with Crippen LogP contribution in [-0.4, -0.2) is 73.2 Å². The van der Waals surface area contributed by atoms with Gasteiger partial charge in [0.1, 0.15) is 11.2 Å². The average molecular weight is 411 g/mol. The van der Waals surface area contributed by atoms with Gasteiger partial charge in [-0.2, -0.15) is 5.10 Å². The molecule has 31 heavy (non-hydrogen) atoms. The smallest absolute Gasteiger partial charge is 0.181 e. The van der Waals surface area contributed by atoms with Crippen LogP contribution in [0, 0.1) is 0 Å². The van der Waals surface area contributed by atoms with Gasteiger partial charge < -0.3 is 14.8 Å². The van der Waals surface area contributed by atoms with Crippen LogP contribution in [0.15, 0.2) is 49.2 Å². The van der Waals surface area contributed by atoms with Gasteiger partial charge in [0.25, 0.3) is 0 Å². The number of H-pyrrole nitrogens is 2. The fourth-order valence-corrected chi connectivity index (χ4v) is 4.09. The molecule has 0 saturated carbocycles. The van der Waals surface area contributed by atoms with Crippen molar-refractivity contribution in [3.63, 3.8) is 0 Å². The maximum absolute atomic E-state index is 4.94. The Morgan fingerprint density at radius 1 is 0.968 bits per heavy atom. The second-order valence-electron chi connectivity index (χ2n) is 7.87. The molecule has 6 heterocycles. The van der Waals surface area contributed by atoms with Crippen LogP contribution in [0.5, 0.6) is 0 Å². The molecule has 0 amide bonds. The van der Waals surface area contributed by atoms with E-state index in [9.17, 15) is 0 Å². The van der Waals surface area contributed by atoms with Gasteiger partial charge in [0, 0.05) is 55.9 Å². The van der Waals surface area contributed by atoms with Crippen molar-refractivity contribution in [2.75, 3.05) is 38.1 Å². The van der Waals surface area contributed by atoms with Crippen LogP contribution in [0.4, 0.5) is 5.69 Å². The van der Waals surface area contributed by atoms with E-state index in [1.165, 1.54) is 0 Å². The highest BCUT2D eigenvalue weighted by Crippen LogP contribution is 2.31. The number of pyridine rings is 3. The van der Waals surface area contributed by atoms with E-state index in [1.807, 2.05) is 36.9 Å². The average Bonchev–Trinajstić information content (AvgIpc) is 3.43. The van der Waals surface area contributed by atoms with Crippen LogP contribution in [0.3, 0.4) is 0 Å². The lowest BCUT2D eigenvalue weighted by molar-refractivity contribution is 0.313. The molecule has 1 saturated heterocycles. The Kier molecular flexibility index (Phi) is 4.13. The van der Waals surface area contributed by atoms with E-state index in [-0.39, 0.29) is 0 Å². The van der Waals surface area contributed by atoms with Gasteiger partial charge in [0.15, 0.2) is 11.5 Å². The summed E-state index contributed by atoms with van der Waals surface area (Å²) in [6, 6.07) is 6.01. The van der Waals surface area contributed by atoms with Crippen molar-refractivity contribution in [2.24, 2.45) is 0 Å². The van der Waals surface area contributed by atoms with Gasteiger partial charge in [-0.3, -0.25) is 15.1 Å². The van der Waals surface area contributed by atoms with E-state index in [1.54, 1.807) is 6.20 Å². The molecule has 0 aliphatic carbocycles. The molecule has 5 aromatic rings. The van der Waals surface area contributed by atoms with Gasteiger partial charge in [-0.15, -0.1) is 0 Å². The van der Waals surface area contributed by atoms with Crippen molar-refractivity contribution in [1.82, 2.24) is 40.0 Å². The largest absolute Gasteiger partial charge is 0.366 e. The number of likely N-dealkylation sites (N-methyl/N-ethyl adjacent to an activating group) is 1. The lowest BCUT2D eigenvalue weighted by atomic mass is 10.1. The summed E-state index contributed by atoms with van der Waals surface area (Å²) in [6.45, 7) is 3.99. The minimum atomic E-state index is 0.653. The third-order valence-corrected chi connectivity index (χ3v) is 5.86. The first kappa shape index (κ1) is 18.0. The predicted octanol–water partition coefficient (Wildman–Crippen LogP) is 2.71.